The molecule has 0 unspecified atom stereocenters. The first-order valence-corrected chi connectivity index (χ1v) is 5.25. The van der Waals surface area contributed by atoms with Crippen molar-refractivity contribution in [1.29, 1.82) is 0 Å². The van der Waals surface area contributed by atoms with Crippen LogP contribution in [0.5, 0.6) is 0 Å². The van der Waals surface area contributed by atoms with Crippen LogP contribution in [-0.4, -0.2) is 23.1 Å². The minimum atomic E-state index is 1.32. The lowest BCUT2D eigenvalue weighted by Crippen LogP contribution is -2.12. The van der Waals surface area contributed by atoms with Gasteiger partial charge in [0.2, 0.25) is 0 Å². The maximum atomic E-state index is 2.51. The summed E-state index contributed by atoms with van der Waals surface area (Å²) in [5.74, 6) is 1.35. The van der Waals surface area contributed by atoms with Gasteiger partial charge in [-0.25, -0.2) is 0 Å². The Hall–Kier alpha value is 0.310. The van der Waals surface area contributed by atoms with Crippen molar-refractivity contribution >= 4 is 11.9 Å². The van der Waals surface area contributed by atoms with E-state index >= 15 is 0 Å². The molecule has 60 valence electrons. The van der Waals surface area contributed by atoms with E-state index in [1.165, 1.54) is 44.5 Å². The second kappa shape index (κ2) is 5.03. The average Bonchev–Trinajstić information content (AvgIpc) is 2.41. The van der Waals surface area contributed by atoms with Crippen molar-refractivity contribution in [2.24, 2.45) is 0 Å². The van der Waals surface area contributed by atoms with Gasteiger partial charge < -0.3 is 0 Å². The Morgan fingerprint density at radius 1 is 1.40 bits per heavy atom. The summed E-state index contributed by atoms with van der Waals surface area (Å²) >= 11 is 2.03. The van der Waals surface area contributed by atoms with E-state index in [0.29, 0.717) is 0 Å². The fraction of sp³-hybridized carbons (Fsp3) is 1.00. The Labute approximate surface area is 68.3 Å². The van der Waals surface area contributed by atoms with E-state index in [1.54, 1.807) is 0 Å². The molecule has 0 N–H and O–H groups in total. The molecule has 0 radical (unpaired) electrons. The Balaban J connectivity index is 1.91. The quantitative estimate of drug-likeness (QED) is 0.458. The van der Waals surface area contributed by atoms with Crippen LogP contribution in [-0.2, 0) is 0 Å². The Morgan fingerprint density at radius 2 is 2.30 bits per heavy atom. The van der Waals surface area contributed by atoms with E-state index in [-0.39, 0.29) is 0 Å². The third-order valence-electron chi connectivity index (χ3n) is 1.84. The van der Waals surface area contributed by atoms with Gasteiger partial charge in [-0.3, -0.25) is 4.31 Å². The maximum absolute atomic E-state index is 2.51. The standard InChI is InChI=1S/C8H17NS/c1-2-3-4-6-9-7-5-8-10-9/h2-8H2,1H3. The molecule has 0 atom stereocenters. The molecule has 0 saturated carbocycles. The summed E-state index contributed by atoms with van der Waals surface area (Å²) in [7, 11) is 0. The van der Waals surface area contributed by atoms with Crippen molar-refractivity contribution in [3.63, 3.8) is 0 Å². The summed E-state index contributed by atoms with van der Waals surface area (Å²) < 4.78 is 2.51. The highest BCUT2D eigenvalue weighted by Crippen LogP contribution is 2.19. The molecule has 1 aliphatic heterocycles. The first kappa shape index (κ1) is 8.41. The monoisotopic (exact) mass is 159 g/mol. The molecule has 1 rings (SSSR count). The summed E-state index contributed by atoms with van der Waals surface area (Å²) in [5.41, 5.74) is 0. The average molecular weight is 159 g/mol. The van der Waals surface area contributed by atoms with Crippen LogP contribution >= 0.6 is 11.9 Å². The van der Waals surface area contributed by atoms with Crippen molar-refractivity contribution in [3.8, 4) is 0 Å². The predicted octanol–water partition coefficient (Wildman–Crippen LogP) is 2.53. The molecule has 1 nitrogen and oxygen atoms in total. The van der Waals surface area contributed by atoms with E-state index in [9.17, 15) is 0 Å². The molecule has 10 heavy (non-hydrogen) atoms. The first-order valence-electron chi connectivity index (χ1n) is 4.31. The van der Waals surface area contributed by atoms with Crippen LogP contribution in [0, 0.1) is 0 Å². The van der Waals surface area contributed by atoms with E-state index < -0.39 is 0 Å². The van der Waals surface area contributed by atoms with Crippen LogP contribution in [0.25, 0.3) is 0 Å². The van der Waals surface area contributed by atoms with Gasteiger partial charge >= 0.3 is 0 Å². The topological polar surface area (TPSA) is 3.24 Å². The third kappa shape index (κ3) is 2.93. The fourth-order valence-electron chi connectivity index (χ4n) is 1.21. The normalized spacial score (nSPS) is 20.1. The van der Waals surface area contributed by atoms with Crippen LogP contribution in [0.1, 0.15) is 32.6 Å². The lowest BCUT2D eigenvalue weighted by molar-refractivity contribution is 0.471. The van der Waals surface area contributed by atoms with Gasteiger partial charge in [-0.15, -0.1) is 0 Å². The lowest BCUT2D eigenvalue weighted by Gasteiger charge is -2.11. The number of unbranched alkanes of at least 4 members (excludes halogenated alkanes) is 2. The summed E-state index contributed by atoms with van der Waals surface area (Å²) in [6.07, 6.45) is 5.54. The second-order valence-corrected chi connectivity index (χ2v) is 4.01. The Morgan fingerprint density at radius 3 is 2.90 bits per heavy atom. The fourth-order valence-corrected chi connectivity index (χ4v) is 2.25. The van der Waals surface area contributed by atoms with E-state index in [1.807, 2.05) is 11.9 Å². The van der Waals surface area contributed by atoms with Gasteiger partial charge in [0.05, 0.1) is 0 Å². The Kier molecular flexibility index (Phi) is 4.23. The van der Waals surface area contributed by atoms with Crippen molar-refractivity contribution < 1.29 is 0 Å². The molecular formula is C8H17NS. The van der Waals surface area contributed by atoms with E-state index in [4.69, 9.17) is 0 Å². The summed E-state index contributed by atoms with van der Waals surface area (Å²) in [6, 6.07) is 0. The molecule has 1 aliphatic rings. The summed E-state index contributed by atoms with van der Waals surface area (Å²) in [4.78, 5) is 0. The van der Waals surface area contributed by atoms with Crippen LogP contribution in [0.3, 0.4) is 0 Å². The SMILES string of the molecule is CCCCCN1CCCS1. The molecule has 0 aromatic carbocycles. The molecule has 0 aromatic heterocycles. The van der Waals surface area contributed by atoms with E-state index in [0.717, 1.165) is 0 Å². The molecule has 2 heteroatoms. The van der Waals surface area contributed by atoms with Gasteiger partial charge in [-0.05, 0) is 12.8 Å². The zero-order chi connectivity index (χ0) is 7.23. The molecule has 1 heterocycles. The molecular weight excluding hydrogens is 142 g/mol. The number of rotatable bonds is 4. The maximum Gasteiger partial charge on any atom is 0.00976 e. The zero-order valence-electron chi connectivity index (χ0n) is 6.81. The lowest BCUT2D eigenvalue weighted by atomic mass is 10.2. The van der Waals surface area contributed by atoms with Gasteiger partial charge in [-0.1, -0.05) is 31.7 Å². The number of hydrogen-bond acceptors (Lipinski definition) is 2. The molecule has 0 amide bonds. The highest BCUT2D eigenvalue weighted by atomic mass is 32.2. The second-order valence-electron chi connectivity index (χ2n) is 2.82. The Bertz CT molecular complexity index is 79.3. The van der Waals surface area contributed by atoms with Gasteiger partial charge in [0.25, 0.3) is 0 Å². The molecule has 0 spiro atoms. The molecule has 0 aromatic rings. The van der Waals surface area contributed by atoms with Crippen LogP contribution in [0.15, 0.2) is 0 Å². The summed E-state index contributed by atoms with van der Waals surface area (Å²) in [5, 5.41) is 0. The predicted molar refractivity (Wildman–Crippen MR) is 48.2 cm³/mol. The zero-order valence-corrected chi connectivity index (χ0v) is 7.62. The van der Waals surface area contributed by atoms with Gasteiger partial charge in [-0.2, -0.15) is 0 Å². The van der Waals surface area contributed by atoms with E-state index in [2.05, 4.69) is 11.2 Å². The molecule has 1 saturated heterocycles. The van der Waals surface area contributed by atoms with Crippen LogP contribution in [0.2, 0.25) is 0 Å². The van der Waals surface area contributed by atoms with Crippen molar-refractivity contribution in [1.82, 2.24) is 4.31 Å². The van der Waals surface area contributed by atoms with Gasteiger partial charge in [0.1, 0.15) is 0 Å². The smallest absolute Gasteiger partial charge is 0.00976 e. The largest absolute Gasteiger partial charge is 0.251 e. The highest BCUT2D eigenvalue weighted by Gasteiger charge is 2.10. The number of hydrogen-bond donors (Lipinski definition) is 0. The van der Waals surface area contributed by atoms with Gasteiger partial charge in [0, 0.05) is 18.8 Å². The van der Waals surface area contributed by atoms with Crippen molar-refractivity contribution in [2.75, 3.05) is 18.8 Å². The van der Waals surface area contributed by atoms with Gasteiger partial charge in [0.15, 0.2) is 0 Å². The first-order chi connectivity index (χ1) is 4.93. The summed E-state index contributed by atoms with van der Waals surface area (Å²) in [6.45, 7) is 4.91. The number of nitrogens with zero attached hydrogens (tertiary/aromatic N) is 1. The van der Waals surface area contributed by atoms with Crippen LogP contribution < -0.4 is 0 Å². The molecule has 0 bridgehead atoms. The molecule has 1 fully saturated rings. The van der Waals surface area contributed by atoms with Crippen LogP contribution in [0.4, 0.5) is 0 Å². The van der Waals surface area contributed by atoms with Crippen molar-refractivity contribution in [3.05, 3.63) is 0 Å². The minimum Gasteiger partial charge on any atom is -0.251 e. The third-order valence-corrected chi connectivity index (χ3v) is 3.04. The highest BCUT2D eigenvalue weighted by molar-refractivity contribution is 7.97. The molecule has 0 aliphatic carbocycles. The minimum absolute atomic E-state index is 1.32. The van der Waals surface area contributed by atoms with Crippen molar-refractivity contribution in [2.45, 2.75) is 32.6 Å².